The van der Waals surface area contributed by atoms with Crippen LogP contribution in [0.3, 0.4) is 0 Å². The van der Waals surface area contributed by atoms with Crippen molar-refractivity contribution < 1.29 is 9.53 Å². The number of fused-ring (bicyclic) bond motifs is 1. The fourth-order valence-corrected chi connectivity index (χ4v) is 3.75. The molecule has 0 radical (unpaired) electrons. The Labute approximate surface area is 156 Å². The zero-order chi connectivity index (χ0) is 18.9. The molecule has 0 N–H and O–H groups in total. The van der Waals surface area contributed by atoms with Crippen LogP contribution in [0.15, 0.2) is 42.5 Å². The highest BCUT2D eigenvalue weighted by atomic mass is 16.5. The Morgan fingerprint density at radius 1 is 0.846 bits per heavy atom. The van der Waals surface area contributed by atoms with Gasteiger partial charge in [-0.3, -0.25) is 0 Å². The fraction of sp³-hybridized carbons (Fsp3) is 0.375. The number of benzene rings is 2. The molecule has 2 aromatic rings. The number of esters is 1. The normalized spacial score (nSPS) is 17.7. The predicted octanol–water partition coefficient (Wildman–Crippen LogP) is 5.99. The molecule has 0 unspecified atom stereocenters. The first-order valence-corrected chi connectivity index (χ1v) is 9.24. The van der Waals surface area contributed by atoms with Crippen LogP contribution in [0.25, 0.3) is 12.2 Å². The summed E-state index contributed by atoms with van der Waals surface area (Å²) in [6, 6.07) is 14.3. The summed E-state index contributed by atoms with van der Waals surface area (Å²) in [6.45, 7) is 9.39. The summed E-state index contributed by atoms with van der Waals surface area (Å²) in [5, 5.41) is 0. The number of carbonyl (C=O) groups is 1. The summed E-state index contributed by atoms with van der Waals surface area (Å²) in [5.74, 6) is -0.305. The smallest absolute Gasteiger partial charge is 0.337 e. The van der Waals surface area contributed by atoms with Gasteiger partial charge in [0.25, 0.3) is 0 Å². The van der Waals surface area contributed by atoms with Crippen LogP contribution in [0.5, 0.6) is 0 Å². The Morgan fingerprint density at radius 2 is 1.38 bits per heavy atom. The number of ether oxygens (including phenoxy) is 1. The molecule has 2 heteroatoms. The average Bonchev–Trinajstić information content (AvgIpc) is 2.63. The largest absolute Gasteiger partial charge is 0.465 e. The van der Waals surface area contributed by atoms with E-state index in [4.69, 9.17) is 4.74 Å². The van der Waals surface area contributed by atoms with E-state index in [1.165, 1.54) is 36.6 Å². The first kappa shape index (κ1) is 18.4. The van der Waals surface area contributed by atoms with E-state index in [1.807, 2.05) is 12.1 Å². The van der Waals surface area contributed by atoms with Gasteiger partial charge in [-0.1, -0.05) is 70.2 Å². The Kier molecular flexibility index (Phi) is 4.79. The van der Waals surface area contributed by atoms with E-state index in [0.29, 0.717) is 5.56 Å². The highest BCUT2D eigenvalue weighted by molar-refractivity contribution is 5.89. The summed E-state index contributed by atoms with van der Waals surface area (Å²) in [4.78, 5) is 11.5. The molecule has 2 aromatic carbocycles. The zero-order valence-electron chi connectivity index (χ0n) is 16.4. The van der Waals surface area contributed by atoms with Crippen molar-refractivity contribution in [2.24, 2.45) is 0 Å². The first-order valence-electron chi connectivity index (χ1n) is 9.24. The van der Waals surface area contributed by atoms with Crippen molar-refractivity contribution in [3.05, 3.63) is 70.3 Å². The maximum Gasteiger partial charge on any atom is 0.337 e. The van der Waals surface area contributed by atoms with Gasteiger partial charge in [0, 0.05) is 0 Å². The second-order valence-corrected chi connectivity index (χ2v) is 8.52. The highest BCUT2D eigenvalue weighted by Crippen LogP contribution is 2.45. The van der Waals surface area contributed by atoms with Crippen LogP contribution < -0.4 is 0 Å². The minimum Gasteiger partial charge on any atom is -0.465 e. The third-order valence-corrected chi connectivity index (χ3v) is 5.68. The van der Waals surface area contributed by atoms with Gasteiger partial charge < -0.3 is 4.74 Å². The first-order chi connectivity index (χ1) is 12.2. The topological polar surface area (TPSA) is 26.3 Å². The molecule has 1 aliphatic rings. The average molecular weight is 348 g/mol. The SMILES string of the molecule is COC(=O)c1ccc(/C=C/c2ccc3c(c2)C(C)(C)CCC3(C)C)cc1. The van der Waals surface area contributed by atoms with Crippen LogP contribution in [0.1, 0.15) is 73.1 Å². The van der Waals surface area contributed by atoms with Crippen molar-refractivity contribution >= 4 is 18.1 Å². The van der Waals surface area contributed by atoms with Crippen molar-refractivity contribution in [2.45, 2.75) is 51.4 Å². The second kappa shape index (κ2) is 6.75. The maximum absolute atomic E-state index is 11.5. The molecule has 0 spiro atoms. The molecule has 0 aromatic heterocycles. The van der Waals surface area contributed by atoms with Crippen LogP contribution >= 0.6 is 0 Å². The molecule has 0 atom stereocenters. The van der Waals surface area contributed by atoms with Crippen molar-refractivity contribution in [3.63, 3.8) is 0 Å². The van der Waals surface area contributed by atoms with E-state index in [1.54, 1.807) is 12.1 Å². The lowest BCUT2D eigenvalue weighted by Gasteiger charge is -2.42. The lowest BCUT2D eigenvalue weighted by Crippen LogP contribution is -2.33. The van der Waals surface area contributed by atoms with Crippen molar-refractivity contribution in [3.8, 4) is 0 Å². The molecule has 0 amide bonds. The molecule has 136 valence electrons. The van der Waals surface area contributed by atoms with E-state index in [2.05, 4.69) is 58.0 Å². The zero-order valence-corrected chi connectivity index (χ0v) is 16.4. The number of hydrogen-bond donors (Lipinski definition) is 0. The Bertz CT molecular complexity index is 839. The van der Waals surface area contributed by atoms with Crippen LogP contribution in [0, 0.1) is 0 Å². The Hall–Kier alpha value is -2.35. The molecule has 2 nitrogen and oxygen atoms in total. The van der Waals surface area contributed by atoms with Gasteiger partial charge in [0.2, 0.25) is 0 Å². The summed E-state index contributed by atoms with van der Waals surface area (Å²) in [5.41, 5.74) is 6.27. The Morgan fingerprint density at radius 3 is 2.00 bits per heavy atom. The number of methoxy groups -OCH3 is 1. The van der Waals surface area contributed by atoms with Gasteiger partial charge in [-0.15, -0.1) is 0 Å². The number of hydrogen-bond acceptors (Lipinski definition) is 2. The summed E-state index contributed by atoms with van der Waals surface area (Å²) in [7, 11) is 1.40. The van der Waals surface area contributed by atoms with E-state index in [0.717, 1.165) is 5.56 Å². The van der Waals surface area contributed by atoms with Crippen LogP contribution in [0.2, 0.25) is 0 Å². The van der Waals surface area contributed by atoms with Crippen molar-refractivity contribution in [2.75, 3.05) is 7.11 Å². The molecule has 0 saturated heterocycles. The second-order valence-electron chi connectivity index (χ2n) is 8.52. The van der Waals surface area contributed by atoms with Crippen LogP contribution in [-0.2, 0) is 15.6 Å². The quantitative estimate of drug-likeness (QED) is 0.503. The summed E-state index contributed by atoms with van der Waals surface area (Å²) >= 11 is 0. The van der Waals surface area contributed by atoms with Crippen LogP contribution in [0.4, 0.5) is 0 Å². The monoisotopic (exact) mass is 348 g/mol. The third kappa shape index (κ3) is 3.60. The lowest BCUT2D eigenvalue weighted by molar-refractivity contribution is 0.0600. The molecule has 0 bridgehead atoms. The van der Waals surface area contributed by atoms with E-state index >= 15 is 0 Å². The van der Waals surface area contributed by atoms with Gasteiger partial charge in [-0.2, -0.15) is 0 Å². The minimum absolute atomic E-state index is 0.219. The Balaban J connectivity index is 1.87. The molecule has 3 rings (SSSR count). The molecular weight excluding hydrogens is 320 g/mol. The minimum atomic E-state index is -0.305. The van der Waals surface area contributed by atoms with Gasteiger partial charge in [-0.25, -0.2) is 4.79 Å². The van der Waals surface area contributed by atoms with Crippen molar-refractivity contribution in [1.29, 1.82) is 0 Å². The van der Waals surface area contributed by atoms with Crippen molar-refractivity contribution in [1.82, 2.24) is 0 Å². The number of rotatable bonds is 3. The lowest BCUT2D eigenvalue weighted by atomic mass is 9.63. The van der Waals surface area contributed by atoms with Crippen LogP contribution in [-0.4, -0.2) is 13.1 Å². The summed E-state index contributed by atoms with van der Waals surface area (Å²) < 4.78 is 4.74. The molecule has 0 saturated carbocycles. The highest BCUT2D eigenvalue weighted by Gasteiger charge is 2.36. The molecular formula is C24H28O2. The maximum atomic E-state index is 11.5. The van der Waals surface area contributed by atoms with Gasteiger partial charge in [-0.05, 0) is 58.1 Å². The molecule has 0 heterocycles. The third-order valence-electron chi connectivity index (χ3n) is 5.68. The predicted molar refractivity (Wildman–Crippen MR) is 108 cm³/mol. The van der Waals surface area contributed by atoms with E-state index < -0.39 is 0 Å². The molecule has 0 aliphatic heterocycles. The van der Waals surface area contributed by atoms with E-state index in [-0.39, 0.29) is 16.8 Å². The van der Waals surface area contributed by atoms with E-state index in [9.17, 15) is 4.79 Å². The number of carbonyl (C=O) groups excluding carboxylic acids is 1. The molecule has 26 heavy (non-hydrogen) atoms. The van der Waals surface area contributed by atoms with Gasteiger partial charge in [0.05, 0.1) is 12.7 Å². The van der Waals surface area contributed by atoms with Gasteiger partial charge >= 0.3 is 5.97 Å². The molecule has 0 fully saturated rings. The summed E-state index contributed by atoms with van der Waals surface area (Å²) in [6.07, 6.45) is 6.68. The van der Waals surface area contributed by atoms with Gasteiger partial charge in [0.15, 0.2) is 0 Å². The van der Waals surface area contributed by atoms with Gasteiger partial charge in [0.1, 0.15) is 0 Å². The standard InChI is InChI=1S/C24H28O2/c1-23(2)14-15-24(3,4)21-16-18(10-13-20(21)23)7-6-17-8-11-19(12-9-17)22(25)26-5/h6-13,16H,14-15H2,1-5H3/b7-6+. The molecule has 1 aliphatic carbocycles. The fourth-order valence-electron chi connectivity index (χ4n) is 3.75.